The fourth-order valence-electron chi connectivity index (χ4n) is 2.46. The molecule has 0 aliphatic heterocycles. The smallest absolute Gasteiger partial charge is 0.315 e. The van der Waals surface area contributed by atoms with Crippen molar-refractivity contribution < 1.29 is 14.3 Å². The lowest BCUT2D eigenvalue weighted by Gasteiger charge is -2.09. The number of nitrogens with one attached hydrogen (secondary N) is 2. The summed E-state index contributed by atoms with van der Waals surface area (Å²) in [7, 11) is 1.26. The molecule has 2 aromatic carbocycles. The van der Waals surface area contributed by atoms with E-state index in [1.54, 1.807) is 0 Å². The summed E-state index contributed by atoms with van der Waals surface area (Å²) in [6.45, 7) is 1.96. The maximum atomic E-state index is 11.4. The van der Waals surface area contributed by atoms with Crippen molar-refractivity contribution in [2.75, 3.05) is 20.2 Å². The Morgan fingerprint density at radius 1 is 1.07 bits per heavy atom. The van der Waals surface area contributed by atoms with E-state index in [0.717, 1.165) is 34.7 Å². The van der Waals surface area contributed by atoms with Crippen LogP contribution in [0.2, 0.25) is 5.02 Å². The molecular weight excluding hydrogens is 387 g/mol. The van der Waals surface area contributed by atoms with Gasteiger partial charge in [-0.05, 0) is 30.2 Å². The third kappa shape index (κ3) is 7.99. The Kier molecular flexibility index (Phi) is 10.5. The maximum absolute atomic E-state index is 11.4. The molecule has 146 valence electrons. The van der Waals surface area contributed by atoms with Crippen molar-refractivity contribution in [1.29, 1.82) is 0 Å². The molecule has 2 rings (SSSR count). The summed E-state index contributed by atoms with van der Waals surface area (Å²) in [4.78, 5) is 22.4. The molecular formula is C20H24Cl2N2O3. The number of carbonyl (C=O) groups is 2. The largest absolute Gasteiger partial charge is 0.469 e. The van der Waals surface area contributed by atoms with Crippen molar-refractivity contribution in [3.8, 4) is 11.1 Å². The fourth-order valence-corrected chi connectivity index (χ4v) is 2.77. The SMILES string of the molecule is COC(=O)CC(=O)NCCCNCc1ccc(-c2ccccc2)c(Cl)c1.Cl. The summed E-state index contributed by atoms with van der Waals surface area (Å²) in [5.41, 5.74) is 3.22. The molecule has 0 saturated carbocycles. The lowest BCUT2D eigenvalue weighted by atomic mass is 10.0. The van der Waals surface area contributed by atoms with Gasteiger partial charge in [-0.3, -0.25) is 9.59 Å². The van der Waals surface area contributed by atoms with Crippen molar-refractivity contribution in [3.05, 3.63) is 59.1 Å². The zero-order valence-corrected chi connectivity index (χ0v) is 16.7. The second-order valence-corrected chi connectivity index (χ2v) is 6.22. The minimum Gasteiger partial charge on any atom is -0.469 e. The molecule has 0 unspecified atom stereocenters. The standard InChI is InChI=1S/C20H23ClN2O3.ClH/c1-26-20(25)13-19(24)23-11-5-10-22-14-15-8-9-17(18(21)12-15)16-6-3-2-4-7-16;/h2-4,6-9,12,22H,5,10-11,13-14H2,1H3,(H,23,24);1H. The Bertz CT molecular complexity index is 739. The molecule has 0 aromatic heterocycles. The average molecular weight is 411 g/mol. The Balaban J connectivity index is 0.00000364. The number of benzene rings is 2. The van der Waals surface area contributed by atoms with Gasteiger partial charge in [-0.1, -0.05) is 54.1 Å². The number of rotatable bonds is 9. The Morgan fingerprint density at radius 3 is 2.48 bits per heavy atom. The van der Waals surface area contributed by atoms with Crippen molar-refractivity contribution in [3.63, 3.8) is 0 Å². The molecule has 2 N–H and O–H groups in total. The van der Waals surface area contributed by atoms with Gasteiger partial charge in [-0.2, -0.15) is 0 Å². The van der Waals surface area contributed by atoms with Gasteiger partial charge in [0.05, 0.1) is 7.11 Å². The van der Waals surface area contributed by atoms with Crippen molar-refractivity contribution in [1.82, 2.24) is 10.6 Å². The number of hydrogen-bond donors (Lipinski definition) is 2. The van der Waals surface area contributed by atoms with E-state index in [2.05, 4.69) is 21.4 Å². The zero-order chi connectivity index (χ0) is 18.8. The van der Waals surface area contributed by atoms with Crippen LogP contribution in [0.15, 0.2) is 48.5 Å². The van der Waals surface area contributed by atoms with E-state index in [4.69, 9.17) is 11.6 Å². The molecule has 0 aliphatic rings. The van der Waals surface area contributed by atoms with Crippen LogP contribution in [-0.2, 0) is 20.9 Å². The van der Waals surface area contributed by atoms with Crippen LogP contribution in [0.1, 0.15) is 18.4 Å². The number of halogens is 2. The Morgan fingerprint density at radius 2 is 1.81 bits per heavy atom. The molecule has 0 spiro atoms. The monoisotopic (exact) mass is 410 g/mol. The minimum atomic E-state index is -0.531. The summed E-state index contributed by atoms with van der Waals surface area (Å²) in [6.07, 6.45) is 0.527. The van der Waals surface area contributed by atoms with Crippen LogP contribution in [0, 0.1) is 0 Å². The molecule has 27 heavy (non-hydrogen) atoms. The van der Waals surface area contributed by atoms with Gasteiger partial charge in [-0.25, -0.2) is 0 Å². The number of esters is 1. The molecule has 7 heteroatoms. The summed E-state index contributed by atoms with van der Waals surface area (Å²) < 4.78 is 4.44. The summed E-state index contributed by atoms with van der Waals surface area (Å²) >= 11 is 6.40. The first-order valence-electron chi connectivity index (χ1n) is 8.48. The second-order valence-electron chi connectivity index (χ2n) is 5.81. The van der Waals surface area contributed by atoms with Gasteiger partial charge in [0.2, 0.25) is 5.91 Å². The number of amides is 1. The van der Waals surface area contributed by atoms with Crippen molar-refractivity contribution >= 4 is 35.9 Å². The quantitative estimate of drug-likeness (QED) is 0.376. The van der Waals surface area contributed by atoms with Crippen LogP contribution in [0.5, 0.6) is 0 Å². The van der Waals surface area contributed by atoms with Gasteiger partial charge in [-0.15, -0.1) is 12.4 Å². The first-order valence-corrected chi connectivity index (χ1v) is 8.86. The van der Waals surface area contributed by atoms with Gasteiger partial charge < -0.3 is 15.4 Å². The molecule has 0 atom stereocenters. The Hall–Kier alpha value is -2.08. The van der Waals surface area contributed by atoms with E-state index in [9.17, 15) is 9.59 Å². The van der Waals surface area contributed by atoms with E-state index >= 15 is 0 Å². The Labute approximate surface area is 170 Å². The van der Waals surface area contributed by atoms with E-state index in [1.165, 1.54) is 7.11 Å². The van der Waals surface area contributed by atoms with Crippen LogP contribution in [0.25, 0.3) is 11.1 Å². The third-order valence-corrected chi connectivity index (χ3v) is 4.15. The van der Waals surface area contributed by atoms with Crippen LogP contribution in [-0.4, -0.2) is 32.1 Å². The zero-order valence-electron chi connectivity index (χ0n) is 15.2. The number of methoxy groups -OCH3 is 1. The highest BCUT2D eigenvalue weighted by Gasteiger charge is 2.08. The predicted molar refractivity (Wildman–Crippen MR) is 110 cm³/mol. The second kappa shape index (κ2) is 12.3. The molecule has 5 nitrogen and oxygen atoms in total. The molecule has 1 amide bonds. The van der Waals surface area contributed by atoms with E-state index in [-0.39, 0.29) is 24.7 Å². The van der Waals surface area contributed by atoms with Gasteiger partial charge in [0.15, 0.2) is 0 Å². The van der Waals surface area contributed by atoms with Crippen molar-refractivity contribution in [2.45, 2.75) is 19.4 Å². The molecule has 0 radical (unpaired) electrons. The van der Waals surface area contributed by atoms with Gasteiger partial charge >= 0.3 is 5.97 Å². The average Bonchev–Trinajstić information content (AvgIpc) is 2.65. The first kappa shape index (κ1) is 23.0. The maximum Gasteiger partial charge on any atom is 0.315 e. The molecule has 0 bridgehead atoms. The topological polar surface area (TPSA) is 67.4 Å². The highest BCUT2D eigenvalue weighted by Crippen LogP contribution is 2.28. The van der Waals surface area contributed by atoms with Crippen molar-refractivity contribution in [2.24, 2.45) is 0 Å². The highest BCUT2D eigenvalue weighted by atomic mass is 35.5. The molecule has 0 heterocycles. The van der Waals surface area contributed by atoms with Crippen LogP contribution in [0.4, 0.5) is 0 Å². The third-order valence-electron chi connectivity index (χ3n) is 3.83. The molecule has 2 aromatic rings. The minimum absolute atomic E-state index is 0. The molecule has 0 saturated heterocycles. The van der Waals surface area contributed by atoms with Crippen LogP contribution >= 0.6 is 24.0 Å². The lowest BCUT2D eigenvalue weighted by Crippen LogP contribution is -2.29. The van der Waals surface area contributed by atoms with Crippen LogP contribution < -0.4 is 10.6 Å². The number of carbonyl (C=O) groups excluding carboxylic acids is 2. The van der Waals surface area contributed by atoms with E-state index in [1.807, 2.05) is 42.5 Å². The lowest BCUT2D eigenvalue weighted by molar-refractivity contribution is -0.143. The summed E-state index contributed by atoms with van der Waals surface area (Å²) in [5, 5.41) is 6.72. The normalized spacial score (nSPS) is 10.0. The van der Waals surface area contributed by atoms with Gasteiger partial charge in [0.1, 0.15) is 6.42 Å². The number of ether oxygens (including phenoxy) is 1. The first-order chi connectivity index (χ1) is 12.6. The number of hydrogen-bond acceptors (Lipinski definition) is 4. The summed E-state index contributed by atoms with van der Waals surface area (Å²) in [5.74, 6) is -0.850. The molecule has 0 aliphatic carbocycles. The predicted octanol–water partition coefficient (Wildman–Crippen LogP) is 3.59. The van der Waals surface area contributed by atoms with Gasteiger partial charge in [0, 0.05) is 23.7 Å². The van der Waals surface area contributed by atoms with E-state index < -0.39 is 5.97 Å². The molecule has 0 fully saturated rings. The fraction of sp³-hybridized carbons (Fsp3) is 0.300. The highest BCUT2D eigenvalue weighted by molar-refractivity contribution is 6.33. The van der Waals surface area contributed by atoms with Crippen LogP contribution in [0.3, 0.4) is 0 Å². The van der Waals surface area contributed by atoms with Gasteiger partial charge in [0.25, 0.3) is 0 Å². The summed E-state index contributed by atoms with van der Waals surface area (Å²) in [6, 6.07) is 16.1. The van der Waals surface area contributed by atoms with E-state index in [0.29, 0.717) is 13.1 Å².